The number of nitrogens with one attached hydrogen (secondary N) is 3. The summed E-state index contributed by atoms with van der Waals surface area (Å²) in [6.07, 6.45) is -0.958. The van der Waals surface area contributed by atoms with E-state index in [1.807, 2.05) is 24.3 Å². The highest BCUT2D eigenvalue weighted by Crippen LogP contribution is 2.21. The Bertz CT molecular complexity index is 638. The molecule has 0 unspecified atom stereocenters. The van der Waals surface area contributed by atoms with Crippen molar-refractivity contribution in [3.63, 3.8) is 0 Å². The number of rotatable bonds is 6. The SMILES string of the molecule is CCOC(=O)Nc1ccc(Nc2ccc(NC(=O)OCC)cc2)cc1. The van der Waals surface area contributed by atoms with Crippen LogP contribution in [0.4, 0.5) is 32.3 Å². The lowest BCUT2D eigenvalue weighted by molar-refractivity contribution is 0.167. The van der Waals surface area contributed by atoms with Gasteiger partial charge in [0.25, 0.3) is 0 Å². The van der Waals surface area contributed by atoms with E-state index in [4.69, 9.17) is 9.47 Å². The zero-order valence-corrected chi connectivity index (χ0v) is 14.2. The molecule has 2 rings (SSSR count). The third kappa shape index (κ3) is 6.06. The smallest absolute Gasteiger partial charge is 0.411 e. The first-order valence-corrected chi connectivity index (χ1v) is 7.95. The van der Waals surface area contributed by atoms with Crippen LogP contribution in [0.3, 0.4) is 0 Å². The van der Waals surface area contributed by atoms with Crippen molar-refractivity contribution < 1.29 is 19.1 Å². The van der Waals surface area contributed by atoms with Gasteiger partial charge >= 0.3 is 12.2 Å². The van der Waals surface area contributed by atoms with Crippen molar-refractivity contribution in [3.05, 3.63) is 48.5 Å². The predicted octanol–water partition coefficient (Wildman–Crippen LogP) is 4.57. The van der Waals surface area contributed by atoms with Crippen LogP contribution >= 0.6 is 0 Å². The number of carbonyl (C=O) groups is 2. The number of ether oxygens (including phenoxy) is 2. The molecule has 2 amide bonds. The lowest BCUT2D eigenvalue weighted by Crippen LogP contribution is -2.13. The van der Waals surface area contributed by atoms with Gasteiger partial charge in [0.15, 0.2) is 0 Å². The molecule has 0 fully saturated rings. The van der Waals surface area contributed by atoms with Crippen molar-refractivity contribution in [2.24, 2.45) is 0 Å². The molecule has 0 spiro atoms. The molecule has 7 nitrogen and oxygen atoms in total. The monoisotopic (exact) mass is 343 g/mol. The van der Waals surface area contributed by atoms with Gasteiger partial charge in [0.2, 0.25) is 0 Å². The Morgan fingerprint density at radius 2 is 1.00 bits per heavy atom. The minimum Gasteiger partial charge on any atom is -0.450 e. The summed E-state index contributed by atoms with van der Waals surface area (Å²) in [5.74, 6) is 0. The summed E-state index contributed by atoms with van der Waals surface area (Å²) in [6, 6.07) is 14.5. The number of hydrogen-bond donors (Lipinski definition) is 3. The summed E-state index contributed by atoms with van der Waals surface area (Å²) < 4.78 is 9.64. The molecule has 0 radical (unpaired) electrons. The van der Waals surface area contributed by atoms with E-state index in [0.29, 0.717) is 24.6 Å². The zero-order chi connectivity index (χ0) is 18.1. The molecule has 2 aromatic rings. The quantitative estimate of drug-likeness (QED) is 0.715. The fraction of sp³-hybridized carbons (Fsp3) is 0.222. The van der Waals surface area contributed by atoms with Gasteiger partial charge in [-0.1, -0.05) is 0 Å². The molecule has 0 saturated heterocycles. The first kappa shape index (κ1) is 18.1. The van der Waals surface area contributed by atoms with E-state index in [9.17, 15) is 9.59 Å². The van der Waals surface area contributed by atoms with Crippen molar-refractivity contribution in [2.75, 3.05) is 29.2 Å². The molecule has 0 atom stereocenters. The van der Waals surface area contributed by atoms with Gasteiger partial charge in [0.05, 0.1) is 13.2 Å². The average Bonchev–Trinajstić information content (AvgIpc) is 2.59. The van der Waals surface area contributed by atoms with Crippen LogP contribution in [-0.4, -0.2) is 25.4 Å². The van der Waals surface area contributed by atoms with Gasteiger partial charge in [0.1, 0.15) is 0 Å². The first-order chi connectivity index (χ1) is 12.1. The maximum absolute atomic E-state index is 11.3. The second-order valence-electron chi connectivity index (χ2n) is 4.97. The van der Waals surface area contributed by atoms with E-state index in [2.05, 4.69) is 16.0 Å². The molecule has 0 heterocycles. The molecule has 7 heteroatoms. The Morgan fingerprint density at radius 1 is 0.680 bits per heavy atom. The van der Waals surface area contributed by atoms with Crippen molar-refractivity contribution in [3.8, 4) is 0 Å². The summed E-state index contributed by atoms with van der Waals surface area (Å²) >= 11 is 0. The lowest BCUT2D eigenvalue weighted by atomic mass is 10.2. The molecule has 0 bridgehead atoms. The normalized spacial score (nSPS) is 9.84. The van der Waals surface area contributed by atoms with Gasteiger partial charge in [-0.2, -0.15) is 0 Å². The molecule has 3 N–H and O–H groups in total. The van der Waals surface area contributed by atoms with Crippen LogP contribution in [0.15, 0.2) is 48.5 Å². The Balaban J connectivity index is 1.91. The third-order valence-electron chi connectivity index (χ3n) is 3.10. The van der Waals surface area contributed by atoms with E-state index in [1.54, 1.807) is 38.1 Å². The lowest BCUT2D eigenvalue weighted by Gasteiger charge is -2.10. The Hall–Kier alpha value is -3.22. The topological polar surface area (TPSA) is 88.7 Å². The number of amides is 2. The fourth-order valence-corrected chi connectivity index (χ4v) is 2.01. The van der Waals surface area contributed by atoms with Crippen LogP contribution in [0.1, 0.15) is 13.8 Å². The summed E-state index contributed by atoms with van der Waals surface area (Å²) in [7, 11) is 0. The first-order valence-electron chi connectivity index (χ1n) is 7.95. The van der Waals surface area contributed by atoms with Gasteiger partial charge in [-0.15, -0.1) is 0 Å². The molecule has 132 valence electrons. The Labute approximate surface area is 146 Å². The zero-order valence-electron chi connectivity index (χ0n) is 14.2. The van der Waals surface area contributed by atoms with Crippen molar-refractivity contribution in [1.82, 2.24) is 0 Å². The second kappa shape index (κ2) is 9.17. The molecule has 2 aromatic carbocycles. The second-order valence-corrected chi connectivity index (χ2v) is 4.97. The van der Waals surface area contributed by atoms with Crippen LogP contribution in [-0.2, 0) is 9.47 Å². The maximum Gasteiger partial charge on any atom is 0.411 e. The minimum absolute atomic E-state index is 0.326. The highest BCUT2D eigenvalue weighted by atomic mass is 16.6. The van der Waals surface area contributed by atoms with Gasteiger partial charge < -0.3 is 14.8 Å². The molecule has 0 aromatic heterocycles. The van der Waals surface area contributed by atoms with Crippen LogP contribution in [0, 0.1) is 0 Å². The van der Waals surface area contributed by atoms with Gasteiger partial charge in [-0.05, 0) is 62.4 Å². The van der Waals surface area contributed by atoms with E-state index in [-0.39, 0.29) is 0 Å². The molecule has 0 aliphatic rings. The maximum atomic E-state index is 11.3. The number of hydrogen-bond acceptors (Lipinski definition) is 5. The third-order valence-corrected chi connectivity index (χ3v) is 3.10. The summed E-state index contributed by atoms with van der Waals surface area (Å²) in [4.78, 5) is 22.7. The molecule has 25 heavy (non-hydrogen) atoms. The van der Waals surface area contributed by atoms with Gasteiger partial charge in [-0.25, -0.2) is 9.59 Å². The standard InChI is InChI=1S/C18H21N3O4/c1-3-24-17(22)20-15-9-5-13(6-10-15)19-14-7-11-16(12-8-14)21-18(23)25-4-2/h5-12,19H,3-4H2,1-2H3,(H,20,22)(H,21,23). The van der Waals surface area contributed by atoms with Crippen molar-refractivity contribution in [2.45, 2.75) is 13.8 Å². The van der Waals surface area contributed by atoms with Crippen molar-refractivity contribution in [1.29, 1.82) is 0 Å². The Kier molecular flexibility index (Phi) is 6.65. The average molecular weight is 343 g/mol. The molecule has 0 saturated carbocycles. The summed E-state index contributed by atoms with van der Waals surface area (Å²) in [6.45, 7) is 4.15. The fourth-order valence-electron chi connectivity index (χ4n) is 2.01. The highest BCUT2D eigenvalue weighted by molar-refractivity contribution is 5.85. The molecule has 0 aliphatic heterocycles. The van der Waals surface area contributed by atoms with E-state index < -0.39 is 12.2 Å². The van der Waals surface area contributed by atoms with Gasteiger partial charge in [-0.3, -0.25) is 10.6 Å². The van der Waals surface area contributed by atoms with Crippen LogP contribution in [0.2, 0.25) is 0 Å². The summed E-state index contributed by atoms with van der Waals surface area (Å²) in [5.41, 5.74) is 3.02. The largest absolute Gasteiger partial charge is 0.450 e. The van der Waals surface area contributed by atoms with Crippen LogP contribution in [0.5, 0.6) is 0 Å². The highest BCUT2D eigenvalue weighted by Gasteiger charge is 2.03. The summed E-state index contributed by atoms with van der Waals surface area (Å²) in [5, 5.41) is 8.49. The van der Waals surface area contributed by atoms with Gasteiger partial charge in [0, 0.05) is 22.7 Å². The Morgan fingerprint density at radius 3 is 1.32 bits per heavy atom. The van der Waals surface area contributed by atoms with Crippen LogP contribution < -0.4 is 16.0 Å². The minimum atomic E-state index is -0.479. The number of benzene rings is 2. The van der Waals surface area contributed by atoms with E-state index in [1.165, 1.54) is 0 Å². The molecule has 0 aliphatic carbocycles. The van der Waals surface area contributed by atoms with Crippen molar-refractivity contribution >= 4 is 34.9 Å². The molecular formula is C18H21N3O4. The molecular weight excluding hydrogens is 322 g/mol. The number of anilines is 4. The van der Waals surface area contributed by atoms with E-state index >= 15 is 0 Å². The van der Waals surface area contributed by atoms with E-state index in [0.717, 1.165) is 11.4 Å². The van der Waals surface area contributed by atoms with Crippen LogP contribution in [0.25, 0.3) is 0 Å². The number of carbonyl (C=O) groups excluding carboxylic acids is 2. The predicted molar refractivity (Wildman–Crippen MR) is 97.5 cm³/mol.